The SMILES string of the molecule is CCNC(c1ccccc1Cl)c1c(OC)cnn1CC. The van der Waals surface area contributed by atoms with Crippen molar-refractivity contribution >= 4 is 11.6 Å². The van der Waals surface area contributed by atoms with Crippen LogP contribution in [0.5, 0.6) is 5.75 Å². The lowest BCUT2D eigenvalue weighted by Gasteiger charge is -2.21. The van der Waals surface area contributed by atoms with Crippen molar-refractivity contribution in [3.05, 3.63) is 46.7 Å². The summed E-state index contributed by atoms with van der Waals surface area (Å²) in [5.41, 5.74) is 2.04. The van der Waals surface area contributed by atoms with Gasteiger partial charge in [-0.1, -0.05) is 36.7 Å². The molecule has 0 aliphatic carbocycles. The fourth-order valence-electron chi connectivity index (χ4n) is 2.35. The Bertz CT molecular complexity index is 546. The van der Waals surface area contributed by atoms with Crippen molar-refractivity contribution in [3.63, 3.8) is 0 Å². The molecule has 0 saturated heterocycles. The Kier molecular flexibility index (Phi) is 5.04. The third-order valence-electron chi connectivity index (χ3n) is 3.26. The Morgan fingerprint density at radius 2 is 2.10 bits per heavy atom. The van der Waals surface area contributed by atoms with Crippen molar-refractivity contribution < 1.29 is 4.74 Å². The van der Waals surface area contributed by atoms with E-state index in [1.807, 2.05) is 28.9 Å². The van der Waals surface area contributed by atoms with Crippen LogP contribution in [0.1, 0.15) is 31.1 Å². The number of nitrogens with zero attached hydrogens (tertiary/aromatic N) is 2. The van der Waals surface area contributed by atoms with E-state index in [-0.39, 0.29) is 6.04 Å². The topological polar surface area (TPSA) is 39.1 Å². The Labute approximate surface area is 124 Å². The number of ether oxygens (including phenoxy) is 1. The molecule has 5 heteroatoms. The fraction of sp³-hybridized carbons (Fsp3) is 0.400. The van der Waals surface area contributed by atoms with Gasteiger partial charge >= 0.3 is 0 Å². The van der Waals surface area contributed by atoms with E-state index >= 15 is 0 Å². The van der Waals surface area contributed by atoms with Gasteiger partial charge in [-0.15, -0.1) is 0 Å². The van der Waals surface area contributed by atoms with Crippen LogP contribution in [-0.4, -0.2) is 23.4 Å². The lowest BCUT2D eigenvalue weighted by atomic mass is 10.0. The van der Waals surface area contributed by atoms with Crippen molar-refractivity contribution in [2.75, 3.05) is 13.7 Å². The first kappa shape index (κ1) is 14.9. The van der Waals surface area contributed by atoms with E-state index in [2.05, 4.69) is 24.3 Å². The van der Waals surface area contributed by atoms with Crippen LogP contribution in [0.15, 0.2) is 30.5 Å². The van der Waals surface area contributed by atoms with Gasteiger partial charge in [0.15, 0.2) is 5.75 Å². The number of benzene rings is 1. The molecular weight excluding hydrogens is 274 g/mol. The Balaban J connectivity index is 2.54. The molecule has 1 heterocycles. The first-order chi connectivity index (χ1) is 9.72. The molecule has 0 amide bonds. The molecule has 1 aromatic heterocycles. The molecule has 1 unspecified atom stereocenters. The lowest BCUT2D eigenvalue weighted by molar-refractivity contribution is 0.399. The van der Waals surface area contributed by atoms with Crippen LogP contribution in [-0.2, 0) is 6.54 Å². The largest absolute Gasteiger partial charge is 0.493 e. The first-order valence-electron chi connectivity index (χ1n) is 6.80. The number of halogens is 1. The normalized spacial score (nSPS) is 12.4. The van der Waals surface area contributed by atoms with Gasteiger partial charge in [0.1, 0.15) is 5.69 Å². The summed E-state index contributed by atoms with van der Waals surface area (Å²) in [5.74, 6) is 0.776. The maximum Gasteiger partial charge on any atom is 0.161 e. The molecule has 2 rings (SSSR count). The molecular formula is C15H20ClN3O. The highest BCUT2D eigenvalue weighted by atomic mass is 35.5. The maximum absolute atomic E-state index is 6.35. The number of rotatable bonds is 6. The molecule has 0 bridgehead atoms. The number of hydrogen-bond donors (Lipinski definition) is 1. The van der Waals surface area contributed by atoms with Crippen molar-refractivity contribution in [1.82, 2.24) is 15.1 Å². The molecule has 0 radical (unpaired) electrons. The summed E-state index contributed by atoms with van der Waals surface area (Å²) < 4.78 is 7.39. The van der Waals surface area contributed by atoms with E-state index in [9.17, 15) is 0 Å². The van der Waals surface area contributed by atoms with E-state index < -0.39 is 0 Å². The minimum Gasteiger partial charge on any atom is -0.493 e. The smallest absolute Gasteiger partial charge is 0.161 e. The van der Waals surface area contributed by atoms with Crippen molar-refractivity contribution in [3.8, 4) is 5.75 Å². The van der Waals surface area contributed by atoms with E-state index in [4.69, 9.17) is 16.3 Å². The Morgan fingerprint density at radius 1 is 1.35 bits per heavy atom. The van der Waals surface area contributed by atoms with Gasteiger partial charge in [-0.3, -0.25) is 4.68 Å². The van der Waals surface area contributed by atoms with Gasteiger partial charge in [0.05, 0.1) is 19.3 Å². The molecule has 0 saturated carbocycles. The van der Waals surface area contributed by atoms with Gasteiger partial charge in [0.25, 0.3) is 0 Å². The zero-order chi connectivity index (χ0) is 14.5. The van der Waals surface area contributed by atoms with Crippen LogP contribution in [0.4, 0.5) is 0 Å². The van der Waals surface area contributed by atoms with Crippen LogP contribution in [0.2, 0.25) is 5.02 Å². The third kappa shape index (κ3) is 2.81. The molecule has 108 valence electrons. The second kappa shape index (κ2) is 6.77. The number of aryl methyl sites for hydroxylation is 1. The molecule has 4 nitrogen and oxygen atoms in total. The number of aromatic nitrogens is 2. The molecule has 1 N–H and O–H groups in total. The summed E-state index contributed by atoms with van der Waals surface area (Å²) in [6.45, 7) is 5.74. The zero-order valence-electron chi connectivity index (χ0n) is 12.1. The Morgan fingerprint density at radius 3 is 2.70 bits per heavy atom. The van der Waals surface area contributed by atoms with Crippen LogP contribution in [0, 0.1) is 0 Å². The van der Waals surface area contributed by atoms with Crippen LogP contribution < -0.4 is 10.1 Å². The van der Waals surface area contributed by atoms with Gasteiger partial charge in [-0.2, -0.15) is 5.10 Å². The van der Waals surface area contributed by atoms with Crippen LogP contribution >= 0.6 is 11.6 Å². The van der Waals surface area contributed by atoms with Gasteiger partial charge in [0, 0.05) is 11.6 Å². The van der Waals surface area contributed by atoms with E-state index in [0.717, 1.165) is 35.1 Å². The molecule has 0 fully saturated rings. The van der Waals surface area contributed by atoms with Gasteiger partial charge in [0.2, 0.25) is 0 Å². The average Bonchev–Trinajstić information content (AvgIpc) is 2.88. The molecule has 1 atom stereocenters. The third-order valence-corrected chi connectivity index (χ3v) is 3.61. The van der Waals surface area contributed by atoms with E-state index in [1.54, 1.807) is 13.3 Å². The number of methoxy groups -OCH3 is 1. The summed E-state index contributed by atoms with van der Waals surface area (Å²) in [6.07, 6.45) is 1.75. The second-order valence-electron chi connectivity index (χ2n) is 4.43. The molecule has 0 aliphatic rings. The standard InChI is InChI=1S/C15H20ClN3O/c1-4-17-14(11-8-6-7-9-12(11)16)15-13(20-3)10-18-19(15)5-2/h6-10,14,17H,4-5H2,1-3H3. The van der Waals surface area contributed by atoms with Crippen molar-refractivity contribution in [1.29, 1.82) is 0 Å². The fourth-order valence-corrected chi connectivity index (χ4v) is 2.59. The molecule has 0 aliphatic heterocycles. The predicted octanol–water partition coefficient (Wildman–Crippen LogP) is 3.26. The summed E-state index contributed by atoms with van der Waals surface area (Å²) in [6, 6.07) is 7.82. The highest BCUT2D eigenvalue weighted by molar-refractivity contribution is 6.31. The summed E-state index contributed by atoms with van der Waals surface area (Å²) >= 11 is 6.35. The van der Waals surface area contributed by atoms with E-state index in [0.29, 0.717) is 0 Å². The summed E-state index contributed by atoms with van der Waals surface area (Å²) in [5, 5.41) is 8.58. The number of nitrogens with one attached hydrogen (secondary N) is 1. The molecule has 20 heavy (non-hydrogen) atoms. The highest BCUT2D eigenvalue weighted by Crippen LogP contribution is 2.33. The maximum atomic E-state index is 6.35. The van der Waals surface area contributed by atoms with Crippen LogP contribution in [0.3, 0.4) is 0 Å². The summed E-state index contributed by atoms with van der Waals surface area (Å²) in [4.78, 5) is 0. The number of hydrogen-bond acceptors (Lipinski definition) is 3. The quantitative estimate of drug-likeness (QED) is 0.888. The van der Waals surface area contributed by atoms with E-state index in [1.165, 1.54) is 0 Å². The molecule has 1 aromatic carbocycles. The van der Waals surface area contributed by atoms with Crippen molar-refractivity contribution in [2.24, 2.45) is 0 Å². The first-order valence-corrected chi connectivity index (χ1v) is 7.18. The van der Waals surface area contributed by atoms with Crippen LogP contribution in [0.25, 0.3) is 0 Å². The van der Waals surface area contributed by atoms with Gasteiger partial charge in [-0.05, 0) is 25.1 Å². The molecule has 2 aromatic rings. The average molecular weight is 294 g/mol. The van der Waals surface area contributed by atoms with Gasteiger partial charge < -0.3 is 10.1 Å². The van der Waals surface area contributed by atoms with Gasteiger partial charge in [-0.25, -0.2) is 0 Å². The zero-order valence-corrected chi connectivity index (χ0v) is 12.8. The second-order valence-corrected chi connectivity index (χ2v) is 4.83. The Hall–Kier alpha value is -1.52. The highest BCUT2D eigenvalue weighted by Gasteiger charge is 2.24. The minimum atomic E-state index is -0.0360. The minimum absolute atomic E-state index is 0.0360. The van der Waals surface area contributed by atoms with Crippen molar-refractivity contribution in [2.45, 2.75) is 26.4 Å². The predicted molar refractivity (Wildman–Crippen MR) is 81.4 cm³/mol. The summed E-state index contributed by atoms with van der Waals surface area (Å²) in [7, 11) is 1.66. The lowest BCUT2D eigenvalue weighted by Crippen LogP contribution is -2.25. The molecule has 0 spiro atoms. The monoisotopic (exact) mass is 293 g/mol.